The first kappa shape index (κ1) is 19.8. The first-order chi connectivity index (χ1) is 15.5. The molecule has 0 fully saturated rings. The highest BCUT2D eigenvalue weighted by molar-refractivity contribution is 7.12. The molecule has 10 heteroatoms. The zero-order valence-corrected chi connectivity index (χ0v) is 17.8. The van der Waals surface area contributed by atoms with Gasteiger partial charge in [0.05, 0.1) is 19.1 Å². The van der Waals surface area contributed by atoms with Gasteiger partial charge in [-0.1, -0.05) is 12.1 Å². The van der Waals surface area contributed by atoms with Gasteiger partial charge in [0.1, 0.15) is 17.1 Å². The summed E-state index contributed by atoms with van der Waals surface area (Å²) in [5, 5.41) is 10.1. The standard InChI is InChI=1S/C22H16N4O5S/c1-12-9-18(26(25-12)22-23-15(11-32-22)16-7-4-8-30-16)24-20(27)14-10-13-5-3-6-17(29-2)19(13)31-21(14)28/h3-11H,1-2H3,(H,24,27). The molecule has 9 nitrogen and oxygen atoms in total. The fraction of sp³-hybridized carbons (Fsp3) is 0.0909. The van der Waals surface area contributed by atoms with Crippen LogP contribution in [-0.2, 0) is 0 Å². The van der Waals surface area contributed by atoms with E-state index in [0.717, 1.165) is 0 Å². The Bertz CT molecular complexity index is 1500. The van der Waals surface area contributed by atoms with Gasteiger partial charge in [-0.25, -0.2) is 9.78 Å². The molecule has 0 saturated carbocycles. The highest BCUT2D eigenvalue weighted by Crippen LogP contribution is 2.27. The number of nitrogens with one attached hydrogen (secondary N) is 1. The van der Waals surface area contributed by atoms with Crippen LogP contribution in [0, 0.1) is 6.92 Å². The molecule has 0 aliphatic rings. The number of ether oxygens (including phenoxy) is 1. The van der Waals surface area contributed by atoms with E-state index in [1.165, 1.54) is 29.2 Å². The van der Waals surface area contributed by atoms with Crippen LogP contribution in [0.5, 0.6) is 5.75 Å². The van der Waals surface area contributed by atoms with E-state index in [4.69, 9.17) is 13.6 Å². The molecule has 4 aromatic heterocycles. The second-order valence-corrected chi connectivity index (χ2v) is 7.69. The Morgan fingerprint density at radius 2 is 2.09 bits per heavy atom. The van der Waals surface area contributed by atoms with Gasteiger partial charge in [-0.2, -0.15) is 9.78 Å². The van der Waals surface area contributed by atoms with Crippen molar-refractivity contribution in [1.29, 1.82) is 0 Å². The molecule has 0 aliphatic carbocycles. The number of aromatic nitrogens is 3. The molecule has 0 saturated heterocycles. The summed E-state index contributed by atoms with van der Waals surface area (Å²) in [4.78, 5) is 30.0. The third-order valence-corrected chi connectivity index (χ3v) is 5.52. The lowest BCUT2D eigenvalue weighted by Crippen LogP contribution is -2.22. The van der Waals surface area contributed by atoms with Gasteiger partial charge in [-0.15, -0.1) is 11.3 Å². The number of anilines is 1. The number of fused-ring (bicyclic) bond motifs is 1. The number of carbonyl (C=O) groups excluding carboxylic acids is 1. The number of aryl methyl sites for hydroxylation is 1. The predicted molar refractivity (Wildman–Crippen MR) is 119 cm³/mol. The third-order valence-electron chi connectivity index (χ3n) is 4.71. The number of hydrogen-bond donors (Lipinski definition) is 1. The van der Waals surface area contributed by atoms with E-state index in [-0.39, 0.29) is 11.1 Å². The van der Waals surface area contributed by atoms with Crippen LogP contribution in [0.15, 0.2) is 67.7 Å². The summed E-state index contributed by atoms with van der Waals surface area (Å²) in [5.41, 5.74) is 0.712. The van der Waals surface area contributed by atoms with Gasteiger partial charge in [-0.3, -0.25) is 4.79 Å². The van der Waals surface area contributed by atoms with Crippen molar-refractivity contribution in [3.05, 3.63) is 75.8 Å². The van der Waals surface area contributed by atoms with Crippen LogP contribution in [0.3, 0.4) is 0 Å². The van der Waals surface area contributed by atoms with E-state index >= 15 is 0 Å². The van der Waals surface area contributed by atoms with Crippen molar-refractivity contribution >= 4 is 34.0 Å². The maximum absolute atomic E-state index is 12.9. The van der Waals surface area contributed by atoms with Crippen LogP contribution in [0.1, 0.15) is 16.1 Å². The van der Waals surface area contributed by atoms with Crippen molar-refractivity contribution in [3.8, 4) is 22.3 Å². The van der Waals surface area contributed by atoms with E-state index in [2.05, 4.69) is 15.4 Å². The number of nitrogens with zero attached hydrogens (tertiary/aromatic N) is 3. The number of amides is 1. The van der Waals surface area contributed by atoms with Crippen molar-refractivity contribution < 1.29 is 18.4 Å². The zero-order valence-electron chi connectivity index (χ0n) is 17.0. The first-order valence-electron chi connectivity index (χ1n) is 9.52. The Balaban J connectivity index is 1.48. The SMILES string of the molecule is COc1cccc2cc(C(=O)Nc3cc(C)nn3-c3nc(-c4ccco4)cs3)c(=O)oc12. The van der Waals surface area contributed by atoms with Gasteiger partial charge in [0.2, 0.25) is 5.13 Å². The number of hydrogen-bond acceptors (Lipinski definition) is 8. The van der Waals surface area contributed by atoms with Crippen molar-refractivity contribution in [2.75, 3.05) is 12.4 Å². The molecule has 5 rings (SSSR count). The lowest BCUT2D eigenvalue weighted by molar-refractivity contribution is 0.102. The molecule has 32 heavy (non-hydrogen) atoms. The predicted octanol–water partition coefficient (Wildman–Crippen LogP) is 4.26. The van der Waals surface area contributed by atoms with E-state index < -0.39 is 11.5 Å². The number of rotatable bonds is 5. The topological polar surface area (TPSA) is 112 Å². The molecule has 1 amide bonds. The van der Waals surface area contributed by atoms with Crippen molar-refractivity contribution in [2.45, 2.75) is 6.92 Å². The highest BCUT2D eigenvalue weighted by Gasteiger charge is 2.19. The van der Waals surface area contributed by atoms with Crippen LogP contribution in [-0.4, -0.2) is 27.8 Å². The zero-order chi connectivity index (χ0) is 22.2. The number of carbonyl (C=O) groups is 1. The third kappa shape index (κ3) is 3.46. The van der Waals surface area contributed by atoms with Crippen molar-refractivity contribution in [1.82, 2.24) is 14.8 Å². The second-order valence-electron chi connectivity index (χ2n) is 6.86. The molecule has 5 aromatic rings. The van der Waals surface area contributed by atoms with Crippen LogP contribution in [0.2, 0.25) is 0 Å². The minimum atomic E-state index is -0.767. The van der Waals surface area contributed by atoms with Crippen LogP contribution in [0.25, 0.3) is 27.6 Å². The molecular formula is C22H16N4O5S. The molecule has 0 radical (unpaired) electrons. The van der Waals surface area contributed by atoms with Crippen LogP contribution in [0.4, 0.5) is 5.82 Å². The van der Waals surface area contributed by atoms with Crippen molar-refractivity contribution in [2.24, 2.45) is 0 Å². The van der Waals surface area contributed by atoms with E-state index in [0.29, 0.717) is 39.2 Å². The lowest BCUT2D eigenvalue weighted by Gasteiger charge is -2.07. The average molecular weight is 448 g/mol. The van der Waals surface area contributed by atoms with E-state index in [1.807, 2.05) is 11.4 Å². The van der Waals surface area contributed by atoms with Crippen LogP contribution < -0.4 is 15.7 Å². The highest BCUT2D eigenvalue weighted by atomic mass is 32.1. The molecule has 1 N–H and O–H groups in total. The van der Waals surface area contributed by atoms with Gasteiger partial charge in [-0.05, 0) is 31.2 Å². The molecule has 0 bridgehead atoms. The smallest absolute Gasteiger partial charge is 0.349 e. The maximum atomic E-state index is 12.9. The largest absolute Gasteiger partial charge is 0.493 e. The van der Waals surface area contributed by atoms with Gasteiger partial charge >= 0.3 is 5.63 Å². The summed E-state index contributed by atoms with van der Waals surface area (Å²) in [6.07, 6.45) is 1.57. The monoisotopic (exact) mass is 448 g/mol. The fourth-order valence-electron chi connectivity index (χ4n) is 3.25. The Morgan fingerprint density at radius 3 is 2.88 bits per heavy atom. The molecule has 1 aromatic carbocycles. The Hall–Kier alpha value is -4.18. The average Bonchev–Trinajstić information content (AvgIpc) is 3.53. The second kappa shape index (κ2) is 7.82. The van der Waals surface area contributed by atoms with E-state index in [1.54, 1.807) is 43.5 Å². The summed E-state index contributed by atoms with van der Waals surface area (Å²) >= 11 is 1.34. The fourth-order valence-corrected chi connectivity index (χ4v) is 4.03. The Morgan fingerprint density at radius 1 is 1.22 bits per heavy atom. The summed E-state index contributed by atoms with van der Waals surface area (Å²) in [5.74, 6) is 0.799. The van der Waals surface area contributed by atoms with E-state index in [9.17, 15) is 9.59 Å². The van der Waals surface area contributed by atoms with Gasteiger partial charge in [0, 0.05) is 16.8 Å². The summed E-state index contributed by atoms with van der Waals surface area (Å²) in [6.45, 7) is 1.80. The number of furan rings is 1. The molecule has 0 aliphatic heterocycles. The number of para-hydroxylation sites is 1. The minimum absolute atomic E-state index is 0.133. The molecule has 0 spiro atoms. The number of methoxy groups -OCH3 is 1. The first-order valence-corrected chi connectivity index (χ1v) is 10.4. The van der Waals surface area contributed by atoms with Gasteiger partial charge in [0.25, 0.3) is 5.91 Å². The van der Waals surface area contributed by atoms with Gasteiger partial charge < -0.3 is 18.9 Å². The summed E-state index contributed by atoms with van der Waals surface area (Å²) in [6, 6.07) is 11.9. The number of thiazole rings is 1. The molecule has 160 valence electrons. The normalized spacial score (nSPS) is 11.1. The maximum Gasteiger partial charge on any atom is 0.349 e. The van der Waals surface area contributed by atoms with Crippen molar-refractivity contribution in [3.63, 3.8) is 0 Å². The lowest BCUT2D eigenvalue weighted by atomic mass is 10.1. The molecular weight excluding hydrogens is 432 g/mol. The van der Waals surface area contributed by atoms with Crippen LogP contribution >= 0.6 is 11.3 Å². The minimum Gasteiger partial charge on any atom is -0.493 e. The van der Waals surface area contributed by atoms with Gasteiger partial charge in [0.15, 0.2) is 17.1 Å². The molecule has 0 unspecified atom stereocenters. The summed E-state index contributed by atoms with van der Waals surface area (Å²) < 4.78 is 17.5. The summed E-state index contributed by atoms with van der Waals surface area (Å²) in [7, 11) is 1.48. The molecule has 0 atom stereocenters. The number of benzene rings is 1. The quantitative estimate of drug-likeness (QED) is 0.400. The molecule has 4 heterocycles. The Labute approximate surface area is 184 Å². The Kier molecular flexibility index (Phi) is 4.83.